The highest BCUT2D eigenvalue weighted by Crippen LogP contribution is 2.41. The van der Waals surface area contributed by atoms with E-state index >= 15 is 0 Å². The second kappa shape index (κ2) is 10.1. The van der Waals surface area contributed by atoms with Crippen LogP contribution in [-0.2, 0) is 20.8 Å². The molecule has 1 aliphatic carbocycles. The van der Waals surface area contributed by atoms with Crippen molar-refractivity contribution in [3.05, 3.63) is 35.9 Å². The third-order valence-corrected chi connectivity index (χ3v) is 5.75. The number of fused-ring (bicyclic) bond motifs is 1. The van der Waals surface area contributed by atoms with Crippen molar-refractivity contribution in [3.63, 3.8) is 0 Å². The zero-order valence-corrected chi connectivity index (χ0v) is 16.7. The maximum absolute atomic E-state index is 13.5. The number of nitrogens with zero attached hydrogens (tertiary/aromatic N) is 1. The summed E-state index contributed by atoms with van der Waals surface area (Å²) in [6.45, 7) is -3.22. The molecule has 0 aromatic heterocycles. The molecule has 1 aliphatic heterocycles. The van der Waals surface area contributed by atoms with Gasteiger partial charge in [0.2, 0.25) is 5.91 Å². The lowest BCUT2D eigenvalue weighted by Crippen LogP contribution is -2.55. The first-order chi connectivity index (χ1) is 15.0. The quantitative estimate of drug-likeness (QED) is 0.586. The number of rotatable bonds is 8. The molecule has 2 aliphatic rings. The van der Waals surface area contributed by atoms with E-state index in [1.54, 1.807) is 24.3 Å². The van der Waals surface area contributed by atoms with Crippen LogP contribution in [0.3, 0.4) is 0 Å². The molecule has 1 saturated heterocycles. The molecule has 5 atom stereocenters. The second-order valence-electron chi connectivity index (χ2n) is 7.49. The van der Waals surface area contributed by atoms with Gasteiger partial charge in [-0.3, -0.25) is 14.9 Å². The van der Waals surface area contributed by atoms with Gasteiger partial charge >= 0.3 is 11.9 Å². The molecular weight excluding hydrogens is 396 g/mol. The molecule has 1 aromatic rings. The van der Waals surface area contributed by atoms with Crippen LogP contribution < -0.4 is 5.32 Å². The predicted octanol–water partition coefficient (Wildman–Crippen LogP) is 2.33. The molecule has 29 heavy (non-hydrogen) atoms. The summed E-state index contributed by atoms with van der Waals surface area (Å²) < 4.78 is 32.2. The minimum atomic E-state index is -3.22. The number of hydrogen-bond acceptors (Lipinski definition) is 4. The lowest BCUT2D eigenvalue weighted by Gasteiger charge is -2.31. The number of aryl methyl sites for hydroxylation is 1. The first-order valence-corrected chi connectivity index (χ1v) is 9.55. The molecule has 1 amide bonds. The number of likely N-dealkylation sites (tertiary alicyclic amines) is 1. The van der Waals surface area contributed by atoms with Crippen LogP contribution in [0, 0.1) is 5.92 Å². The minimum Gasteiger partial charge on any atom is -0.480 e. The average Bonchev–Trinajstić information content (AvgIpc) is 3.31. The largest absolute Gasteiger partial charge is 0.480 e. The lowest BCUT2D eigenvalue weighted by atomic mass is 10.0. The Labute approximate surface area is 182 Å². The monoisotopic (exact) mass is 428 g/mol. The Morgan fingerprint density at radius 2 is 2.00 bits per heavy atom. The number of halogens is 1. The zero-order chi connectivity index (χ0) is 23.7. The molecule has 3 rings (SSSR count). The summed E-state index contributed by atoms with van der Waals surface area (Å²) in [6.07, 6.45) is 2.51. The summed E-state index contributed by atoms with van der Waals surface area (Å²) in [5.41, 5.74) is 0.829. The van der Waals surface area contributed by atoms with E-state index in [0.29, 0.717) is 12.8 Å². The Hall–Kier alpha value is -2.12. The van der Waals surface area contributed by atoms with E-state index < -0.39 is 48.8 Å². The van der Waals surface area contributed by atoms with Gasteiger partial charge in [0.1, 0.15) is 12.1 Å². The van der Waals surface area contributed by atoms with Crippen molar-refractivity contribution in [3.8, 4) is 0 Å². The van der Waals surface area contributed by atoms with Crippen LogP contribution in [0.25, 0.3) is 0 Å². The molecule has 1 aromatic carbocycles. The van der Waals surface area contributed by atoms with Gasteiger partial charge in [-0.2, -0.15) is 0 Å². The van der Waals surface area contributed by atoms with Gasteiger partial charge in [0.05, 0.1) is 7.39 Å². The Bertz CT molecular complexity index is 872. The highest BCUT2D eigenvalue weighted by Gasteiger charge is 2.49. The molecule has 160 valence electrons. The number of hydrogen-bond donors (Lipinski definition) is 3. The molecule has 1 unspecified atom stereocenters. The van der Waals surface area contributed by atoms with Crippen LogP contribution in [0.2, 0.25) is 0 Å². The lowest BCUT2D eigenvalue weighted by molar-refractivity contribution is -0.151. The van der Waals surface area contributed by atoms with Crippen molar-refractivity contribution < 1.29 is 30.1 Å². The third-order valence-electron chi connectivity index (χ3n) is 5.75. The highest BCUT2D eigenvalue weighted by molar-refractivity contribution is 5.88. The number of nitrogens with one attached hydrogen (secondary N) is 1. The summed E-state index contributed by atoms with van der Waals surface area (Å²) >= 11 is 0. The van der Waals surface area contributed by atoms with Crippen molar-refractivity contribution in [1.29, 1.82) is 0 Å². The van der Waals surface area contributed by atoms with E-state index in [4.69, 9.17) is 5.48 Å². The number of amides is 1. The summed E-state index contributed by atoms with van der Waals surface area (Å²) in [5, 5.41) is 21.6. The summed E-state index contributed by atoms with van der Waals surface area (Å²) in [5.74, 6) is -3.90. The van der Waals surface area contributed by atoms with Gasteiger partial charge in [-0.25, -0.2) is 4.79 Å². The predicted molar refractivity (Wildman–Crippen MR) is 110 cm³/mol. The molecule has 0 bridgehead atoms. The third kappa shape index (κ3) is 5.28. The van der Waals surface area contributed by atoms with Gasteiger partial charge in [0.15, 0.2) is 0 Å². The van der Waals surface area contributed by atoms with Gasteiger partial charge in [-0.05, 0) is 50.4 Å². The SMILES string of the molecule is Cl.[2H]C([2H])([2H])C([2H])(N[C@H](CCc1ccccc1)C(=O)O)C(=O)N1[C@H](C(=O)O)C[C@@H]2CCC[C@@H]21. The maximum atomic E-state index is 13.5. The number of carboxylic acid groups (broad SMARTS) is 2. The van der Waals surface area contributed by atoms with Crippen molar-refractivity contribution in [2.75, 3.05) is 0 Å². The smallest absolute Gasteiger partial charge is 0.326 e. The standard InChI is InChI=1S/C21H28N2O5.ClH/c1-13(22-16(20(25)26)11-10-14-6-3-2-4-7-14)19(24)23-17-9-5-8-15(17)12-18(23)21(27)28;/h2-4,6-7,13,15-18,22H,5,8-12H2,1H3,(H,25,26)(H,27,28);1H/t13?,15-,16+,17-,18-;/m0./s1/i1D3,13D;. The fourth-order valence-electron chi connectivity index (χ4n) is 4.38. The molecule has 8 heteroatoms. The van der Waals surface area contributed by atoms with E-state index in [-0.39, 0.29) is 31.2 Å². The molecule has 0 radical (unpaired) electrons. The topological polar surface area (TPSA) is 107 Å². The number of carboxylic acids is 2. The van der Waals surface area contributed by atoms with E-state index in [2.05, 4.69) is 5.32 Å². The van der Waals surface area contributed by atoms with Crippen molar-refractivity contribution in [2.45, 2.75) is 69.5 Å². The van der Waals surface area contributed by atoms with Crippen LogP contribution in [-0.4, -0.2) is 57.1 Å². The first-order valence-electron chi connectivity index (χ1n) is 11.6. The average molecular weight is 429 g/mol. The van der Waals surface area contributed by atoms with Crippen molar-refractivity contribution >= 4 is 30.3 Å². The summed E-state index contributed by atoms with van der Waals surface area (Å²) in [4.78, 5) is 38.2. The van der Waals surface area contributed by atoms with Crippen LogP contribution in [0.5, 0.6) is 0 Å². The fraction of sp³-hybridized carbons (Fsp3) is 0.571. The van der Waals surface area contributed by atoms with Gasteiger partial charge in [0, 0.05) is 10.2 Å². The first kappa shape index (κ1) is 17.7. The van der Waals surface area contributed by atoms with E-state index in [1.165, 1.54) is 0 Å². The van der Waals surface area contributed by atoms with Crippen LogP contribution in [0.15, 0.2) is 30.3 Å². The molecule has 2 fully saturated rings. The number of aliphatic carboxylic acids is 2. The number of carbonyl (C=O) groups is 3. The molecule has 1 saturated carbocycles. The van der Waals surface area contributed by atoms with E-state index in [0.717, 1.165) is 23.3 Å². The normalized spacial score (nSPS) is 28.6. The van der Waals surface area contributed by atoms with Crippen LogP contribution in [0.4, 0.5) is 0 Å². The van der Waals surface area contributed by atoms with E-state index in [9.17, 15) is 24.6 Å². The number of benzene rings is 1. The summed E-state index contributed by atoms with van der Waals surface area (Å²) in [7, 11) is 0. The van der Waals surface area contributed by atoms with Crippen molar-refractivity contribution in [2.24, 2.45) is 5.92 Å². The molecule has 1 heterocycles. The van der Waals surface area contributed by atoms with Gasteiger partial charge in [0.25, 0.3) is 0 Å². The highest BCUT2D eigenvalue weighted by atomic mass is 35.5. The summed E-state index contributed by atoms with van der Waals surface area (Å²) in [6, 6.07) is 2.83. The molecule has 7 nitrogen and oxygen atoms in total. The number of carbonyl (C=O) groups excluding carboxylic acids is 1. The Kier molecular flexibility index (Phi) is 6.15. The minimum absolute atomic E-state index is 0. The zero-order valence-electron chi connectivity index (χ0n) is 19.9. The van der Waals surface area contributed by atoms with Crippen LogP contribution in [0.1, 0.15) is 50.0 Å². The van der Waals surface area contributed by atoms with Crippen LogP contribution >= 0.6 is 12.4 Å². The maximum Gasteiger partial charge on any atom is 0.326 e. The van der Waals surface area contributed by atoms with Gasteiger partial charge in [-0.15, -0.1) is 12.4 Å². The second-order valence-corrected chi connectivity index (χ2v) is 7.49. The Morgan fingerprint density at radius 3 is 2.62 bits per heavy atom. The molecule has 3 N–H and O–H groups in total. The van der Waals surface area contributed by atoms with E-state index in [1.807, 2.05) is 6.07 Å². The fourth-order valence-corrected chi connectivity index (χ4v) is 4.38. The molecular formula is C21H29ClN2O5. The molecule has 0 spiro atoms. The van der Waals surface area contributed by atoms with Crippen molar-refractivity contribution in [1.82, 2.24) is 10.2 Å². The van der Waals surface area contributed by atoms with Gasteiger partial charge < -0.3 is 15.1 Å². The van der Waals surface area contributed by atoms with Gasteiger partial charge in [-0.1, -0.05) is 36.8 Å². The Balaban J connectivity index is 0.00000385. The Morgan fingerprint density at radius 1 is 1.28 bits per heavy atom.